The maximum absolute atomic E-state index is 13.0. The topological polar surface area (TPSA) is 58.6 Å². The summed E-state index contributed by atoms with van der Waals surface area (Å²) in [5.74, 6) is -0.0639. The van der Waals surface area contributed by atoms with Crippen molar-refractivity contribution in [2.24, 2.45) is 0 Å². The lowest BCUT2D eigenvalue weighted by atomic mass is 10.1. The second-order valence-electron chi connectivity index (χ2n) is 6.85. The van der Waals surface area contributed by atoms with E-state index < -0.39 is 6.04 Å². The minimum atomic E-state index is -0.679. The van der Waals surface area contributed by atoms with E-state index in [0.29, 0.717) is 20.3 Å². The van der Waals surface area contributed by atoms with Gasteiger partial charge in [-0.2, -0.15) is 0 Å². The Bertz CT molecular complexity index is 877. The van der Waals surface area contributed by atoms with Crippen molar-refractivity contribution in [3.8, 4) is 5.75 Å². The molecule has 2 aromatic carbocycles. The highest BCUT2D eigenvalue weighted by molar-refractivity contribution is 9.10. The zero-order chi connectivity index (χ0) is 21.6. The molecule has 0 radical (unpaired) electrons. The smallest absolute Gasteiger partial charge is 0.261 e. The molecule has 0 saturated carbocycles. The van der Waals surface area contributed by atoms with Crippen LogP contribution in [0.15, 0.2) is 46.9 Å². The Kier molecular flexibility index (Phi) is 8.80. The van der Waals surface area contributed by atoms with Crippen LogP contribution >= 0.6 is 39.1 Å². The SMILES string of the molecule is CC(C)NC(=O)[C@H](C)N(Cc1cccc(Cl)c1)C(=O)COc1ccc(Cl)cc1Br. The average Bonchev–Trinajstić information content (AvgIpc) is 2.64. The fraction of sp³-hybridized carbons (Fsp3) is 0.333. The van der Waals surface area contributed by atoms with Crippen LogP contribution in [0.3, 0.4) is 0 Å². The molecule has 2 amide bonds. The molecule has 29 heavy (non-hydrogen) atoms. The average molecular weight is 502 g/mol. The van der Waals surface area contributed by atoms with Gasteiger partial charge in [-0.3, -0.25) is 9.59 Å². The van der Waals surface area contributed by atoms with Crippen molar-refractivity contribution in [3.05, 3.63) is 62.5 Å². The Morgan fingerprint density at radius 3 is 2.41 bits per heavy atom. The summed E-state index contributed by atoms with van der Waals surface area (Å²) >= 11 is 15.4. The van der Waals surface area contributed by atoms with Crippen molar-refractivity contribution in [1.29, 1.82) is 0 Å². The number of carbonyl (C=O) groups excluding carboxylic acids is 2. The first-order valence-corrected chi connectivity index (χ1v) is 10.6. The van der Waals surface area contributed by atoms with E-state index in [2.05, 4.69) is 21.2 Å². The summed E-state index contributed by atoms with van der Waals surface area (Å²) in [4.78, 5) is 27.0. The Morgan fingerprint density at radius 2 is 1.79 bits per heavy atom. The van der Waals surface area contributed by atoms with Gasteiger partial charge in [0, 0.05) is 22.6 Å². The number of nitrogens with one attached hydrogen (secondary N) is 1. The van der Waals surface area contributed by atoms with E-state index in [-0.39, 0.29) is 31.0 Å². The minimum Gasteiger partial charge on any atom is -0.483 e. The standard InChI is InChI=1S/C21H23BrCl2N2O3/c1-13(2)25-21(28)14(3)26(11-15-5-4-6-16(23)9-15)20(27)12-29-19-8-7-17(24)10-18(19)22/h4-10,13-14H,11-12H2,1-3H3,(H,25,28)/t14-/m0/s1. The molecule has 1 N–H and O–H groups in total. The first-order chi connectivity index (χ1) is 13.7. The summed E-state index contributed by atoms with van der Waals surface area (Å²) < 4.78 is 6.30. The predicted octanol–water partition coefficient (Wildman–Crippen LogP) is 5.08. The van der Waals surface area contributed by atoms with Crippen LogP contribution in [-0.2, 0) is 16.1 Å². The minimum absolute atomic E-state index is 0.0330. The molecule has 2 aromatic rings. The summed E-state index contributed by atoms with van der Waals surface area (Å²) in [7, 11) is 0. The molecule has 2 rings (SSSR count). The van der Waals surface area contributed by atoms with Gasteiger partial charge in [-0.25, -0.2) is 0 Å². The van der Waals surface area contributed by atoms with Crippen molar-refractivity contribution in [1.82, 2.24) is 10.2 Å². The summed E-state index contributed by atoms with van der Waals surface area (Å²) in [5, 5.41) is 3.96. The highest BCUT2D eigenvalue weighted by Gasteiger charge is 2.27. The van der Waals surface area contributed by atoms with Gasteiger partial charge in [-0.1, -0.05) is 35.3 Å². The number of carbonyl (C=O) groups is 2. The summed E-state index contributed by atoms with van der Waals surface area (Å²) in [6.07, 6.45) is 0. The van der Waals surface area contributed by atoms with Gasteiger partial charge < -0.3 is 15.0 Å². The number of nitrogens with zero attached hydrogens (tertiary/aromatic N) is 1. The summed E-state index contributed by atoms with van der Waals surface area (Å²) in [5.41, 5.74) is 0.822. The van der Waals surface area contributed by atoms with Crippen molar-refractivity contribution < 1.29 is 14.3 Å². The van der Waals surface area contributed by atoms with Gasteiger partial charge in [-0.15, -0.1) is 0 Å². The van der Waals surface area contributed by atoms with Gasteiger partial charge in [0.1, 0.15) is 11.8 Å². The molecular formula is C21H23BrCl2N2O3. The molecule has 0 aliphatic heterocycles. The third kappa shape index (κ3) is 7.21. The molecule has 0 heterocycles. The van der Waals surface area contributed by atoms with Gasteiger partial charge in [0.2, 0.25) is 5.91 Å². The van der Waals surface area contributed by atoms with Crippen LogP contribution in [0.4, 0.5) is 0 Å². The molecule has 0 bridgehead atoms. The molecule has 0 aliphatic rings. The predicted molar refractivity (Wildman–Crippen MR) is 119 cm³/mol. The van der Waals surface area contributed by atoms with Crippen molar-refractivity contribution >= 4 is 50.9 Å². The summed E-state index contributed by atoms with van der Waals surface area (Å²) in [6.45, 7) is 5.44. The lowest BCUT2D eigenvalue weighted by Crippen LogP contribution is -2.50. The Hall–Kier alpha value is -1.76. The van der Waals surface area contributed by atoms with Crippen LogP contribution in [0.5, 0.6) is 5.75 Å². The second kappa shape index (κ2) is 10.9. The first kappa shape index (κ1) is 23.5. The molecule has 156 valence electrons. The Labute approximate surface area is 189 Å². The lowest BCUT2D eigenvalue weighted by Gasteiger charge is -2.29. The third-order valence-corrected chi connectivity index (χ3v) is 5.18. The molecule has 0 aliphatic carbocycles. The number of hydrogen-bond donors (Lipinski definition) is 1. The van der Waals surface area contributed by atoms with E-state index in [1.165, 1.54) is 4.90 Å². The highest BCUT2D eigenvalue weighted by atomic mass is 79.9. The largest absolute Gasteiger partial charge is 0.483 e. The third-order valence-electron chi connectivity index (χ3n) is 4.09. The van der Waals surface area contributed by atoms with Crippen LogP contribution in [0.2, 0.25) is 10.0 Å². The quantitative estimate of drug-likeness (QED) is 0.548. The van der Waals surface area contributed by atoms with Crippen LogP contribution in [0.25, 0.3) is 0 Å². The second-order valence-corrected chi connectivity index (χ2v) is 8.58. The maximum Gasteiger partial charge on any atom is 0.261 e. The molecule has 0 saturated heterocycles. The van der Waals surface area contributed by atoms with E-state index in [9.17, 15) is 9.59 Å². The molecular weight excluding hydrogens is 479 g/mol. The molecule has 0 aromatic heterocycles. The van der Waals surface area contributed by atoms with Gasteiger partial charge in [0.15, 0.2) is 6.61 Å². The Balaban J connectivity index is 2.17. The molecule has 0 unspecified atom stereocenters. The Morgan fingerprint density at radius 1 is 1.10 bits per heavy atom. The van der Waals surface area contributed by atoms with E-state index >= 15 is 0 Å². The molecule has 0 spiro atoms. The van der Waals surface area contributed by atoms with E-state index in [1.807, 2.05) is 19.9 Å². The van der Waals surface area contributed by atoms with Crippen LogP contribution in [0, 0.1) is 0 Å². The number of halogens is 3. The monoisotopic (exact) mass is 500 g/mol. The number of hydrogen-bond acceptors (Lipinski definition) is 3. The molecule has 5 nitrogen and oxygen atoms in total. The van der Waals surface area contributed by atoms with E-state index in [4.69, 9.17) is 27.9 Å². The summed E-state index contributed by atoms with van der Waals surface area (Å²) in [6, 6.07) is 11.5. The maximum atomic E-state index is 13.0. The van der Waals surface area contributed by atoms with Gasteiger partial charge in [0.25, 0.3) is 5.91 Å². The van der Waals surface area contributed by atoms with Crippen LogP contribution < -0.4 is 10.1 Å². The van der Waals surface area contributed by atoms with Gasteiger partial charge in [0.05, 0.1) is 4.47 Å². The van der Waals surface area contributed by atoms with E-state index in [0.717, 1.165) is 5.56 Å². The normalized spacial score (nSPS) is 11.8. The van der Waals surface area contributed by atoms with Gasteiger partial charge in [-0.05, 0) is 72.6 Å². The fourth-order valence-corrected chi connectivity index (χ4v) is 3.64. The zero-order valence-electron chi connectivity index (χ0n) is 16.4. The number of rotatable bonds is 8. The first-order valence-electron chi connectivity index (χ1n) is 9.09. The van der Waals surface area contributed by atoms with Crippen LogP contribution in [0.1, 0.15) is 26.3 Å². The number of benzene rings is 2. The highest BCUT2D eigenvalue weighted by Crippen LogP contribution is 2.28. The van der Waals surface area contributed by atoms with Crippen molar-refractivity contribution in [2.75, 3.05) is 6.61 Å². The zero-order valence-corrected chi connectivity index (χ0v) is 19.5. The number of amides is 2. The van der Waals surface area contributed by atoms with Crippen molar-refractivity contribution in [3.63, 3.8) is 0 Å². The molecule has 1 atom stereocenters. The lowest BCUT2D eigenvalue weighted by molar-refractivity contribution is -0.142. The molecule has 0 fully saturated rings. The van der Waals surface area contributed by atoms with Crippen LogP contribution in [-0.4, -0.2) is 35.4 Å². The number of ether oxygens (including phenoxy) is 1. The fourth-order valence-electron chi connectivity index (χ4n) is 2.63. The van der Waals surface area contributed by atoms with E-state index in [1.54, 1.807) is 43.3 Å². The van der Waals surface area contributed by atoms with Crippen molar-refractivity contribution in [2.45, 2.75) is 39.4 Å². The molecule has 8 heteroatoms. The van der Waals surface area contributed by atoms with Gasteiger partial charge >= 0.3 is 0 Å².